The fourth-order valence-corrected chi connectivity index (χ4v) is 2.71. The monoisotopic (exact) mass is 333 g/mol. The van der Waals surface area contributed by atoms with Gasteiger partial charge in [-0.15, -0.1) is 0 Å². The number of carbonyl (C=O) groups is 1. The van der Waals surface area contributed by atoms with Gasteiger partial charge >= 0.3 is 6.03 Å². The second-order valence-corrected chi connectivity index (χ2v) is 5.91. The van der Waals surface area contributed by atoms with E-state index in [9.17, 15) is 9.18 Å². The number of aromatic nitrogens is 1. The average molecular weight is 333 g/mol. The Kier molecular flexibility index (Phi) is 4.98. The molecule has 6 nitrogen and oxygen atoms in total. The maximum absolute atomic E-state index is 14.1. The summed E-state index contributed by atoms with van der Waals surface area (Å²) in [5.74, 6) is 0.421. The first-order chi connectivity index (χ1) is 11.6. The molecular weight excluding hydrogens is 313 g/mol. The van der Waals surface area contributed by atoms with Gasteiger partial charge < -0.3 is 19.9 Å². The van der Waals surface area contributed by atoms with E-state index in [1.807, 2.05) is 0 Å². The van der Waals surface area contributed by atoms with Crippen LogP contribution in [0.4, 0.5) is 14.9 Å². The van der Waals surface area contributed by atoms with Crippen molar-refractivity contribution in [3.8, 4) is 5.75 Å². The van der Waals surface area contributed by atoms with Crippen molar-refractivity contribution in [2.24, 2.45) is 0 Å². The van der Waals surface area contributed by atoms with E-state index in [1.54, 1.807) is 25.1 Å². The summed E-state index contributed by atoms with van der Waals surface area (Å²) in [6.07, 6.45) is 4.26. The molecule has 2 amide bonds. The first-order valence-electron chi connectivity index (χ1n) is 8.03. The Hall–Kier alpha value is -2.57. The quantitative estimate of drug-likeness (QED) is 0.873. The smallest absolute Gasteiger partial charge is 0.319 e. The maximum atomic E-state index is 14.1. The Balaban J connectivity index is 1.52. The summed E-state index contributed by atoms with van der Waals surface area (Å²) in [6.45, 7) is 2.00. The first-order valence-corrected chi connectivity index (χ1v) is 8.03. The summed E-state index contributed by atoms with van der Waals surface area (Å²) in [7, 11) is 0. The summed E-state index contributed by atoms with van der Waals surface area (Å²) in [5.41, 5.74) is 0.981. The van der Waals surface area contributed by atoms with E-state index in [-0.39, 0.29) is 18.4 Å². The van der Waals surface area contributed by atoms with Crippen molar-refractivity contribution < 1.29 is 18.4 Å². The van der Waals surface area contributed by atoms with Crippen molar-refractivity contribution in [2.45, 2.75) is 45.3 Å². The maximum Gasteiger partial charge on any atom is 0.319 e. The number of anilines is 1. The molecule has 2 aromatic rings. The van der Waals surface area contributed by atoms with Crippen LogP contribution in [0.1, 0.15) is 37.1 Å². The van der Waals surface area contributed by atoms with E-state index < -0.39 is 11.8 Å². The minimum Gasteiger partial charge on any atom is -0.487 e. The Bertz CT molecular complexity index is 711. The van der Waals surface area contributed by atoms with Gasteiger partial charge in [0.05, 0.1) is 12.6 Å². The fraction of sp³-hybridized carbons (Fsp3) is 0.412. The van der Waals surface area contributed by atoms with Gasteiger partial charge in [0.1, 0.15) is 11.5 Å². The summed E-state index contributed by atoms with van der Waals surface area (Å²) in [6, 6.07) is 5.70. The molecule has 0 aliphatic heterocycles. The number of nitrogens with zero attached hydrogens (tertiary/aromatic N) is 1. The molecule has 0 unspecified atom stereocenters. The lowest BCUT2D eigenvalue weighted by molar-refractivity contribution is 0.201. The zero-order chi connectivity index (χ0) is 16.9. The van der Waals surface area contributed by atoms with E-state index >= 15 is 0 Å². The third-order valence-electron chi connectivity index (χ3n) is 3.89. The molecular formula is C17H20FN3O3. The number of ether oxygens (including phenoxy) is 1. The zero-order valence-corrected chi connectivity index (χ0v) is 13.5. The number of carbonyl (C=O) groups excluding carboxylic acids is 1. The lowest BCUT2D eigenvalue weighted by Crippen LogP contribution is -2.28. The van der Waals surface area contributed by atoms with Crippen molar-refractivity contribution in [3.05, 3.63) is 41.5 Å². The molecule has 3 rings (SSSR count). The van der Waals surface area contributed by atoms with Gasteiger partial charge in [0.25, 0.3) is 0 Å². The minimum absolute atomic E-state index is 0.0903. The molecule has 1 heterocycles. The number of hydrogen-bond donors (Lipinski definition) is 2. The van der Waals surface area contributed by atoms with Crippen LogP contribution in [0.3, 0.4) is 0 Å². The number of aryl methyl sites for hydroxylation is 1. The highest BCUT2D eigenvalue weighted by atomic mass is 19.1. The third-order valence-corrected chi connectivity index (χ3v) is 3.89. The highest BCUT2D eigenvalue weighted by Gasteiger charge is 2.18. The van der Waals surface area contributed by atoms with Gasteiger partial charge in [-0.05, 0) is 44.7 Å². The summed E-state index contributed by atoms with van der Waals surface area (Å²) in [5, 5.41) is 8.98. The largest absolute Gasteiger partial charge is 0.487 e. The van der Waals surface area contributed by atoms with Gasteiger partial charge in [-0.1, -0.05) is 5.16 Å². The van der Waals surface area contributed by atoms with E-state index in [1.165, 1.54) is 6.07 Å². The van der Waals surface area contributed by atoms with Crippen molar-refractivity contribution >= 4 is 11.7 Å². The SMILES string of the molecule is Cc1cc(CNC(=O)Nc2ccc(OC3CCCC3)c(F)c2)no1. The van der Waals surface area contributed by atoms with Crippen molar-refractivity contribution in [1.29, 1.82) is 0 Å². The molecule has 1 aliphatic carbocycles. The predicted molar refractivity (Wildman–Crippen MR) is 86.4 cm³/mol. The molecule has 0 bridgehead atoms. The lowest BCUT2D eigenvalue weighted by Gasteiger charge is -2.14. The molecule has 1 saturated carbocycles. The molecule has 1 aliphatic rings. The number of nitrogens with one attached hydrogen (secondary N) is 2. The molecule has 128 valence electrons. The highest BCUT2D eigenvalue weighted by molar-refractivity contribution is 5.89. The van der Waals surface area contributed by atoms with Gasteiger partial charge in [-0.25, -0.2) is 9.18 Å². The molecule has 7 heteroatoms. The Morgan fingerprint density at radius 1 is 1.38 bits per heavy atom. The number of hydrogen-bond acceptors (Lipinski definition) is 4. The van der Waals surface area contributed by atoms with Crippen LogP contribution in [0.25, 0.3) is 0 Å². The average Bonchev–Trinajstić information content (AvgIpc) is 3.20. The third kappa shape index (κ3) is 4.24. The molecule has 1 aromatic heterocycles. The van der Waals surface area contributed by atoms with Crippen LogP contribution in [0.15, 0.2) is 28.8 Å². The van der Waals surface area contributed by atoms with Crippen LogP contribution in [-0.2, 0) is 6.54 Å². The second kappa shape index (κ2) is 7.33. The van der Waals surface area contributed by atoms with E-state index in [2.05, 4.69) is 15.8 Å². The van der Waals surface area contributed by atoms with E-state index in [4.69, 9.17) is 9.26 Å². The van der Waals surface area contributed by atoms with Crippen LogP contribution in [0.2, 0.25) is 0 Å². The van der Waals surface area contributed by atoms with Crippen LogP contribution in [0.5, 0.6) is 5.75 Å². The van der Waals surface area contributed by atoms with E-state index in [0.717, 1.165) is 25.7 Å². The van der Waals surface area contributed by atoms with Crippen molar-refractivity contribution in [2.75, 3.05) is 5.32 Å². The fourth-order valence-electron chi connectivity index (χ4n) is 2.71. The van der Waals surface area contributed by atoms with Gasteiger partial charge in [0.15, 0.2) is 11.6 Å². The summed E-state index contributed by atoms with van der Waals surface area (Å²) in [4.78, 5) is 11.8. The van der Waals surface area contributed by atoms with Gasteiger partial charge in [0, 0.05) is 17.8 Å². The molecule has 2 N–H and O–H groups in total. The van der Waals surface area contributed by atoms with Gasteiger partial charge in [-0.3, -0.25) is 0 Å². The van der Waals surface area contributed by atoms with E-state index in [0.29, 0.717) is 17.1 Å². The highest BCUT2D eigenvalue weighted by Crippen LogP contribution is 2.27. The second-order valence-electron chi connectivity index (χ2n) is 5.91. The summed E-state index contributed by atoms with van der Waals surface area (Å²) >= 11 is 0. The molecule has 0 spiro atoms. The number of urea groups is 1. The number of rotatable bonds is 5. The first kappa shape index (κ1) is 16.3. The van der Waals surface area contributed by atoms with Crippen molar-refractivity contribution in [3.63, 3.8) is 0 Å². The van der Waals surface area contributed by atoms with Crippen LogP contribution >= 0.6 is 0 Å². The lowest BCUT2D eigenvalue weighted by atomic mass is 10.2. The topological polar surface area (TPSA) is 76.4 Å². The standard InChI is InChI=1S/C17H20FN3O3/c1-11-8-13(21-24-11)10-19-17(22)20-12-6-7-16(15(18)9-12)23-14-4-2-3-5-14/h6-9,14H,2-5,10H2,1H3,(H2,19,20,22). The minimum atomic E-state index is -0.480. The van der Waals surface area contributed by atoms with Crippen molar-refractivity contribution in [1.82, 2.24) is 10.5 Å². The molecule has 0 atom stereocenters. The zero-order valence-electron chi connectivity index (χ0n) is 13.5. The Labute approximate surface area is 139 Å². The molecule has 24 heavy (non-hydrogen) atoms. The normalized spacial score (nSPS) is 14.6. The number of halogens is 1. The van der Waals surface area contributed by atoms with Crippen LogP contribution < -0.4 is 15.4 Å². The van der Waals surface area contributed by atoms with Crippen LogP contribution in [-0.4, -0.2) is 17.3 Å². The van der Waals surface area contributed by atoms with Gasteiger partial charge in [-0.2, -0.15) is 0 Å². The molecule has 0 saturated heterocycles. The molecule has 0 radical (unpaired) electrons. The van der Waals surface area contributed by atoms with Crippen LogP contribution in [0, 0.1) is 12.7 Å². The van der Waals surface area contributed by atoms with Gasteiger partial charge in [0.2, 0.25) is 0 Å². The molecule has 1 aromatic carbocycles. The number of amides is 2. The Morgan fingerprint density at radius 2 is 2.17 bits per heavy atom. The number of benzene rings is 1. The Morgan fingerprint density at radius 3 is 2.83 bits per heavy atom. The predicted octanol–water partition coefficient (Wildman–Crippen LogP) is 3.77. The molecule has 1 fully saturated rings. The summed E-state index contributed by atoms with van der Waals surface area (Å²) < 4.78 is 24.7.